The van der Waals surface area contributed by atoms with Crippen LogP contribution < -0.4 is 16.0 Å². The molecule has 0 aliphatic heterocycles. The Morgan fingerprint density at radius 3 is 2.50 bits per heavy atom. The summed E-state index contributed by atoms with van der Waals surface area (Å²) in [5, 5.41) is 10.2. The van der Waals surface area contributed by atoms with Crippen LogP contribution in [0.2, 0.25) is 0 Å². The topological polar surface area (TPSA) is 78.4 Å². The van der Waals surface area contributed by atoms with Gasteiger partial charge in [0, 0.05) is 35.1 Å². The van der Waals surface area contributed by atoms with Crippen LogP contribution in [0.1, 0.15) is 22.0 Å². The first-order valence-electron chi connectivity index (χ1n) is 7.90. The third-order valence-corrected chi connectivity index (χ3v) is 5.08. The Morgan fingerprint density at radius 1 is 1.23 bits per heavy atom. The van der Waals surface area contributed by atoms with Gasteiger partial charge in [-0.25, -0.2) is 4.98 Å². The van der Waals surface area contributed by atoms with Crippen LogP contribution in [0.3, 0.4) is 0 Å². The van der Waals surface area contributed by atoms with Crippen molar-refractivity contribution in [1.29, 1.82) is 0 Å². The van der Waals surface area contributed by atoms with Gasteiger partial charge < -0.3 is 16.0 Å². The summed E-state index contributed by atoms with van der Waals surface area (Å²) in [7, 11) is 1.70. The number of aryl methyl sites for hydroxylation is 2. The van der Waals surface area contributed by atoms with Crippen molar-refractivity contribution < 1.29 is 4.79 Å². The quantitative estimate of drug-likeness (QED) is 0.289. The molecule has 1 aromatic carbocycles. The van der Waals surface area contributed by atoms with Gasteiger partial charge >= 0.3 is 0 Å². The highest BCUT2D eigenvalue weighted by molar-refractivity contribution is 14.0. The van der Waals surface area contributed by atoms with E-state index in [1.165, 1.54) is 4.88 Å². The van der Waals surface area contributed by atoms with Crippen molar-refractivity contribution >= 4 is 68.8 Å². The molecule has 0 saturated heterocycles. The molecule has 1 aromatic heterocycles. The number of carbonyl (C=O) groups excluding carboxylic acids is 1. The molecular formula is C17H23BrIN5OS. The molecule has 0 fully saturated rings. The van der Waals surface area contributed by atoms with Crippen molar-refractivity contribution in [3.05, 3.63) is 44.3 Å². The van der Waals surface area contributed by atoms with Gasteiger partial charge in [-0.3, -0.25) is 9.79 Å². The predicted molar refractivity (Wildman–Crippen MR) is 123 cm³/mol. The highest BCUT2D eigenvalue weighted by Crippen LogP contribution is 2.16. The summed E-state index contributed by atoms with van der Waals surface area (Å²) in [6.45, 7) is 5.18. The minimum atomic E-state index is -0.0450. The fourth-order valence-corrected chi connectivity index (χ4v) is 3.18. The molecule has 2 aromatic rings. The Hall–Kier alpha value is -1.20. The highest BCUT2D eigenvalue weighted by atomic mass is 127. The predicted octanol–water partition coefficient (Wildman–Crippen LogP) is 3.83. The summed E-state index contributed by atoms with van der Waals surface area (Å²) in [5.41, 5.74) is 1.85. The van der Waals surface area contributed by atoms with E-state index in [1.807, 2.05) is 31.2 Å². The average molecular weight is 552 g/mol. The molecule has 142 valence electrons. The van der Waals surface area contributed by atoms with Crippen LogP contribution in [0.15, 0.2) is 33.7 Å². The van der Waals surface area contributed by atoms with Gasteiger partial charge in [-0.1, -0.05) is 15.9 Å². The average Bonchev–Trinajstić information content (AvgIpc) is 2.91. The van der Waals surface area contributed by atoms with Crippen molar-refractivity contribution in [3.8, 4) is 0 Å². The molecule has 0 radical (unpaired) electrons. The summed E-state index contributed by atoms with van der Waals surface area (Å²) in [6.07, 6.45) is 0.353. The van der Waals surface area contributed by atoms with Gasteiger partial charge in [-0.15, -0.1) is 35.3 Å². The third kappa shape index (κ3) is 7.58. The molecule has 2 rings (SSSR count). The van der Waals surface area contributed by atoms with Crippen LogP contribution in [-0.2, 0) is 11.3 Å². The van der Waals surface area contributed by atoms with E-state index in [2.05, 4.69) is 48.8 Å². The fourth-order valence-electron chi connectivity index (χ4n) is 2.05. The Morgan fingerprint density at radius 2 is 1.92 bits per heavy atom. The maximum absolute atomic E-state index is 12.0. The molecule has 26 heavy (non-hydrogen) atoms. The second-order valence-corrected chi connectivity index (χ2v) is 7.61. The van der Waals surface area contributed by atoms with Gasteiger partial charge in [-0.05, 0) is 38.1 Å². The number of nitrogens with zero attached hydrogens (tertiary/aromatic N) is 2. The number of anilines is 1. The largest absolute Gasteiger partial charge is 0.356 e. The number of benzene rings is 1. The summed E-state index contributed by atoms with van der Waals surface area (Å²) >= 11 is 5.04. The number of guanidine groups is 1. The normalized spacial score (nSPS) is 10.8. The molecule has 9 heteroatoms. The standard InChI is InChI=1S/C17H22BrN5OS.HI/c1-11-12(2)25-16(22-11)10-21-17(19-3)20-9-8-15(24)23-14-6-4-13(18)5-7-14;/h4-7H,8-10H2,1-3H3,(H,23,24)(H2,19,20,21);1H. The highest BCUT2D eigenvalue weighted by Gasteiger charge is 2.06. The maximum Gasteiger partial charge on any atom is 0.226 e. The lowest BCUT2D eigenvalue weighted by Gasteiger charge is -2.11. The molecule has 1 amide bonds. The van der Waals surface area contributed by atoms with E-state index in [0.29, 0.717) is 25.5 Å². The third-order valence-electron chi connectivity index (χ3n) is 3.48. The van der Waals surface area contributed by atoms with Gasteiger partial charge in [0.05, 0.1) is 12.2 Å². The molecule has 0 aliphatic rings. The first kappa shape index (κ1) is 22.8. The first-order valence-corrected chi connectivity index (χ1v) is 9.51. The SMILES string of the molecule is CN=C(NCCC(=O)Nc1ccc(Br)cc1)NCc1nc(C)c(C)s1.I. The number of aliphatic imine (C=N–C) groups is 1. The number of carbonyl (C=O) groups is 1. The first-order chi connectivity index (χ1) is 12.0. The number of nitrogens with one attached hydrogen (secondary N) is 3. The van der Waals surface area contributed by atoms with Gasteiger partial charge in [0.25, 0.3) is 0 Å². The molecule has 0 saturated carbocycles. The summed E-state index contributed by atoms with van der Waals surface area (Å²) in [4.78, 5) is 21.8. The zero-order chi connectivity index (χ0) is 18.2. The Bertz CT molecular complexity index is 729. The second-order valence-electron chi connectivity index (χ2n) is 5.41. The molecule has 0 spiro atoms. The summed E-state index contributed by atoms with van der Waals surface area (Å²) in [6, 6.07) is 7.49. The number of hydrogen-bond donors (Lipinski definition) is 3. The second kappa shape index (κ2) is 11.5. The number of thiazole rings is 1. The van der Waals surface area contributed by atoms with Crippen LogP contribution in [-0.4, -0.2) is 30.4 Å². The van der Waals surface area contributed by atoms with Gasteiger partial charge in [0.15, 0.2) is 5.96 Å². The maximum atomic E-state index is 12.0. The van der Waals surface area contributed by atoms with Gasteiger partial charge in [-0.2, -0.15) is 0 Å². The van der Waals surface area contributed by atoms with E-state index < -0.39 is 0 Å². The van der Waals surface area contributed by atoms with Crippen molar-refractivity contribution in [2.75, 3.05) is 18.9 Å². The van der Waals surface area contributed by atoms with E-state index in [0.717, 1.165) is 20.9 Å². The summed E-state index contributed by atoms with van der Waals surface area (Å²) < 4.78 is 0.979. The van der Waals surface area contributed by atoms with Gasteiger partial charge in [0.2, 0.25) is 5.91 Å². The Labute approximate surface area is 183 Å². The van der Waals surface area contributed by atoms with Crippen molar-refractivity contribution in [1.82, 2.24) is 15.6 Å². The molecule has 0 unspecified atom stereocenters. The van der Waals surface area contributed by atoms with Crippen LogP contribution in [0.4, 0.5) is 5.69 Å². The number of hydrogen-bond acceptors (Lipinski definition) is 4. The number of halogens is 2. The molecule has 1 heterocycles. The minimum Gasteiger partial charge on any atom is -0.356 e. The van der Waals surface area contributed by atoms with Crippen LogP contribution in [0.5, 0.6) is 0 Å². The van der Waals surface area contributed by atoms with Crippen molar-refractivity contribution in [3.63, 3.8) is 0 Å². The number of rotatable bonds is 6. The van der Waals surface area contributed by atoms with Crippen molar-refractivity contribution in [2.24, 2.45) is 4.99 Å². The van der Waals surface area contributed by atoms with E-state index in [9.17, 15) is 4.79 Å². The Balaban J connectivity index is 0.00000338. The Kier molecular flexibility index (Phi) is 10.1. The smallest absolute Gasteiger partial charge is 0.226 e. The monoisotopic (exact) mass is 551 g/mol. The lowest BCUT2D eigenvalue weighted by molar-refractivity contribution is -0.116. The molecule has 0 aliphatic carbocycles. The molecule has 3 N–H and O–H groups in total. The zero-order valence-electron chi connectivity index (χ0n) is 14.9. The lowest BCUT2D eigenvalue weighted by Crippen LogP contribution is -2.38. The minimum absolute atomic E-state index is 0. The van der Waals surface area contributed by atoms with Crippen molar-refractivity contribution in [2.45, 2.75) is 26.8 Å². The zero-order valence-corrected chi connectivity index (χ0v) is 19.7. The van der Waals surface area contributed by atoms with Crippen LogP contribution in [0.25, 0.3) is 0 Å². The van der Waals surface area contributed by atoms with Crippen LogP contribution in [0, 0.1) is 13.8 Å². The van der Waals surface area contributed by atoms with Gasteiger partial charge in [0.1, 0.15) is 5.01 Å². The molecular weight excluding hydrogens is 529 g/mol. The van der Waals surface area contributed by atoms with Crippen LogP contribution >= 0.6 is 51.2 Å². The lowest BCUT2D eigenvalue weighted by atomic mass is 10.3. The van der Waals surface area contributed by atoms with E-state index in [1.54, 1.807) is 18.4 Å². The van der Waals surface area contributed by atoms with E-state index in [-0.39, 0.29) is 29.9 Å². The number of aromatic nitrogens is 1. The molecule has 0 bridgehead atoms. The number of amides is 1. The summed E-state index contributed by atoms with van der Waals surface area (Å²) in [5.74, 6) is 0.610. The molecule has 6 nitrogen and oxygen atoms in total. The fraction of sp³-hybridized carbons (Fsp3) is 0.353. The molecule has 0 atom stereocenters. The van der Waals surface area contributed by atoms with E-state index >= 15 is 0 Å². The van der Waals surface area contributed by atoms with E-state index in [4.69, 9.17) is 0 Å².